The monoisotopic (exact) mass is 606 g/mol. The first-order valence-electron chi connectivity index (χ1n) is 14.0. The van der Waals surface area contributed by atoms with Gasteiger partial charge in [0.1, 0.15) is 11.5 Å². The molecular formula is C31H38N4O5SSi. The predicted octanol–water partition coefficient (Wildman–Crippen LogP) is 6.40. The number of methoxy groups -OCH3 is 1. The number of aryl methyl sites for hydroxylation is 1. The Morgan fingerprint density at radius 1 is 1.12 bits per heavy atom. The fraction of sp³-hybridized carbons (Fsp3) is 0.452. The first kappa shape index (κ1) is 30.2. The van der Waals surface area contributed by atoms with E-state index in [-0.39, 0.29) is 29.1 Å². The molecule has 0 aliphatic carbocycles. The summed E-state index contributed by atoms with van der Waals surface area (Å²) in [6, 6.07) is 10.9. The topological polar surface area (TPSA) is 94.9 Å². The number of likely N-dealkylation sites (tertiary alicyclic amines) is 1. The summed E-state index contributed by atoms with van der Waals surface area (Å²) in [5.74, 6) is 1.19. The van der Waals surface area contributed by atoms with E-state index < -0.39 is 5.60 Å². The Bertz CT molecular complexity index is 1640. The van der Waals surface area contributed by atoms with Crippen LogP contribution in [0.3, 0.4) is 0 Å². The molecule has 1 aliphatic heterocycles. The smallest absolute Gasteiger partial charge is 0.325 e. The second kappa shape index (κ2) is 11.4. The normalized spacial score (nSPS) is 17.8. The van der Waals surface area contributed by atoms with Gasteiger partial charge in [-0.25, -0.2) is 4.79 Å². The molecule has 1 fully saturated rings. The molecule has 1 aromatic carbocycles. The van der Waals surface area contributed by atoms with Gasteiger partial charge < -0.3 is 24.1 Å². The van der Waals surface area contributed by atoms with Crippen LogP contribution in [0.1, 0.15) is 56.4 Å². The van der Waals surface area contributed by atoms with E-state index in [0.29, 0.717) is 44.6 Å². The molecule has 2 atom stereocenters. The van der Waals surface area contributed by atoms with E-state index >= 15 is 0 Å². The van der Waals surface area contributed by atoms with Gasteiger partial charge in [-0.3, -0.25) is 14.3 Å². The predicted molar refractivity (Wildman–Crippen MR) is 167 cm³/mol. The molecule has 2 radical (unpaired) electrons. The molecule has 2 amide bonds. The number of amides is 2. The van der Waals surface area contributed by atoms with Crippen molar-refractivity contribution in [3.05, 3.63) is 53.2 Å². The third-order valence-electron chi connectivity index (χ3n) is 7.47. The Kier molecular flexibility index (Phi) is 8.23. The summed E-state index contributed by atoms with van der Waals surface area (Å²) in [6.07, 6.45) is 2.35. The van der Waals surface area contributed by atoms with E-state index in [1.165, 1.54) is 11.3 Å². The molecule has 0 spiro atoms. The van der Waals surface area contributed by atoms with Crippen LogP contribution >= 0.6 is 11.3 Å². The third-order valence-corrected chi connectivity index (χ3v) is 9.84. The van der Waals surface area contributed by atoms with Gasteiger partial charge >= 0.3 is 6.03 Å². The number of hydrogen-bond donors (Lipinski definition) is 1. The zero-order chi connectivity index (χ0) is 30.4. The van der Waals surface area contributed by atoms with Crippen LogP contribution in [0.4, 0.5) is 4.79 Å². The van der Waals surface area contributed by atoms with Gasteiger partial charge in [-0.1, -0.05) is 20.8 Å². The van der Waals surface area contributed by atoms with Crippen LogP contribution in [0.15, 0.2) is 42.6 Å². The number of aromatic nitrogens is 2. The highest BCUT2D eigenvalue weighted by Gasteiger charge is 2.45. The fourth-order valence-electron chi connectivity index (χ4n) is 5.35. The molecule has 42 heavy (non-hydrogen) atoms. The molecule has 222 valence electrons. The number of fused-ring (bicyclic) bond motifs is 2. The fourth-order valence-corrected chi connectivity index (χ4v) is 7.08. The number of carbonyl (C=O) groups excluding carboxylic acids is 2. The molecule has 4 heterocycles. The maximum atomic E-state index is 14.0. The minimum absolute atomic E-state index is 0.0381. The molecule has 1 aliphatic rings. The average molecular weight is 607 g/mol. The molecule has 11 heteroatoms. The number of thiophene rings is 1. The molecule has 0 bridgehead atoms. The number of ether oxygens (including phenoxy) is 2. The summed E-state index contributed by atoms with van der Waals surface area (Å²) < 4.78 is 20.9. The van der Waals surface area contributed by atoms with Gasteiger partial charge in [0.25, 0.3) is 5.91 Å². The SMILES string of the molecule is CNC(=O)n1c(C)cc2cc(Oc3ccnc4cc(C(=O)N5CC(OC)CC5C(C)(C)O[Si]C(C)(C)C)sc34)ccc21. The van der Waals surface area contributed by atoms with Crippen molar-refractivity contribution in [3.63, 3.8) is 0 Å². The number of nitrogens with one attached hydrogen (secondary N) is 1. The van der Waals surface area contributed by atoms with Crippen molar-refractivity contribution in [3.8, 4) is 11.5 Å². The van der Waals surface area contributed by atoms with Crippen LogP contribution in [0.2, 0.25) is 5.04 Å². The van der Waals surface area contributed by atoms with Crippen LogP contribution in [0.25, 0.3) is 21.1 Å². The lowest BCUT2D eigenvalue weighted by atomic mass is 9.96. The molecule has 9 nitrogen and oxygen atoms in total. The summed E-state index contributed by atoms with van der Waals surface area (Å²) in [4.78, 5) is 33.4. The van der Waals surface area contributed by atoms with Gasteiger partial charge in [-0.15, -0.1) is 11.3 Å². The number of carbonyl (C=O) groups is 2. The molecule has 2 unspecified atom stereocenters. The molecule has 1 saturated heterocycles. The largest absolute Gasteiger partial charge is 0.456 e. The Morgan fingerprint density at radius 3 is 2.57 bits per heavy atom. The second-order valence-electron chi connectivity index (χ2n) is 12.3. The van der Waals surface area contributed by atoms with Crippen LogP contribution in [0.5, 0.6) is 11.5 Å². The lowest BCUT2D eigenvalue weighted by Crippen LogP contribution is -2.50. The van der Waals surface area contributed by atoms with Crippen molar-refractivity contribution in [1.82, 2.24) is 19.8 Å². The molecular weight excluding hydrogens is 569 g/mol. The van der Waals surface area contributed by atoms with E-state index in [2.05, 4.69) is 44.9 Å². The summed E-state index contributed by atoms with van der Waals surface area (Å²) in [5.41, 5.74) is 1.79. The quantitative estimate of drug-likeness (QED) is 0.245. The summed E-state index contributed by atoms with van der Waals surface area (Å²) in [5, 5.41) is 3.61. The van der Waals surface area contributed by atoms with E-state index in [0.717, 1.165) is 21.3 Å². The minimum atomic E-state index is -0.536. The van der Waals surface area contributed by atoms with Gasteiger partial charge in [-0.05, 0) is 62.6 Å². The number of rotatable bonds is 7. The standard InChI is InChI=1S/C31H38N4O5SSi/c1-18-13-19-14-20(9-10-23(19)35(18)29(37)32-7)39-24-11-12-33-22-16-25(41-27(22)24)28(36)34-17-21(38-8)15-26(34)31(5,6)40-42-30(2,3)4/h9-14,16,21,26H,15,17H2,1-8H3,(H,32,37). The lowest BCUT2D eigenvalue weighted by Gasteiger charge is -2.39. The summed E-state index contributed by atoms with van der Waals surface area (Å²) in [7, 11) is 3.61. The Labute approximate surface area is 253 Å². The van der Waals surface area contributed by atoms with Gasteiger partial charge in [-0.2, -0.15) is 0 Å². The summed E-state index contributed by atoms with van der Waals surface area (Å²) >= 11 is 1.38. The molecule has 5 rings (SSSR count). The van der Waals surface area contributed by atoms with Crippen molar-refractivity contribution in [2.45, 2.75) is 70.7 Å². The Balaban J connectivity index is 1.42. The molecule has 3 aromatic heterocycles. The van der Waals surface area contributed by atoms with Crippen molar-refractivity contribution in [1.29, 1.82) is 0 Å². The summed E-state index contributed by atoms with van der Waals surface area (Å²) in [6.45, 7) is 13.0. The number of nitrogens with zero attached hydrogens (tertiary/aromatic N) is 3. The van der Waals surface area contributed by atoms with Gasteiger partial charge in [0.15, 0.2) is 0 Å². The Morgan fingerprint density at radius 2 is 1.88 bits per heavy atom. The Hall–Kier alpha value is -3.25. The zero-order valence-electron chi connectivity index (χ0n) is 25.4. The van der Waals surface area contributed by atoms with Crippen molar-refractivity contribution in [2.24, 2.45) is 0 Å². The van der Waals surface area contributed by atoms with E-state index in [1.807, 2.05) is 48.2 Å². The number of pyridine rings is 1. The third kappa shape index (κ3) is 5.96. The number of hydrogen-bond acceptors (Lipinski definition) is 7. The van der Waals surface area contributed by atoms with E-state index in [4.69, 9.17) is 13.9 Å². The van der Waals surface area contributed by atoms with Gasteiger partial charge in [0.05, 0.1) is 38.4 Å². The van der Waals surface area contributed by atoms with Gasteiger partial charge in [0, 0.05) is 44.0 Å². The average Bonchev–Trinajstić information content (AvgIpc) is 3.66. The molecule has 1 N–H and O–H groups in total. The van der Waals surface area contributed by atoms with Crippen molar-refractivity contribution >= 4 is 54.2 Å². The maximum absolute atomic E-state index is 14.0. The first-order valence-corrected chi connectivity index (χ1v) is 15.7. The van der Waals surface area contributed by atoms with Crippen LogP contribution < -0.4 is 10.1 Å². The van der Waals surface area contributed by atoms with Crippen LogP contribution in [0, 0.1) is 6.92 Å². The number of benzene rings is 1. The lowest BCUT2D eigenvalue weighted by molar-refractivity contribution is 0.0178. The van der Waals surface area contributed by atoms with Crippen molar-refractivity contribution in [2.75, 3.05) is 20.7 Å². The highest BCUT2D eigenvalue weighted by Crippen LogP contribution is 2.39. The second-order valence-corrected chi connectivity index (χ2v) is 15.2. The first-order chi connectivity index (χ1) is 19.8. The van der Waals surface area contributed by atoms with E-state index in [1.54, 1.807) is 24.9 Å². The minimum Gasteiger partial charge on any atom is -0.456 e. The molecule has 0 saturated carbocycles. The highest BCUT2D eigenvalue weighted by molar-refractivity contribution is 7.21. The highest BCUT2D eigenvalue weighted by atomic mass is 32.1. The van der Waals surface area contributed by atoms with Gasteiger partial charge in [0.2, 0.25) is 9.76 Å². The van der Waals surface area contributed by atoms with Crippen LogP contribution in [-0.4, -0.2) is 74.6 Å². The maximum Gasteiger partial charge on any atom is 0.325 e. The zero-order valence-corrected chi connectivity index (χ0v) is 27.2. The van der Waals surface area contributed by atoms with Crippen LogP contribution in [-0.2, 0) is 9.16 Å². The van der Waals surface area contributed by atoms with Crippen molar-refractivity contribution < 1.29 is 23.5 Å². The molecule has 4 aromatic rings. The van der Waals surface area contributed by atoms with E-state index in [9.17, 15) is 9.59 Å².